The summed E-state index contributed by atoms with van der Waals surface area (Å²) >= 11 is 0. The third-order valence-corrected chi connectivity index (χ3v) is 4.32. The Balaban J connectivity index is 1.93. The number of rotatable bonds is 5. The van der Waals surface area contributed by atoms with Crippen molar-refractivity contribution in [1.82, 2.24) is 15.5 Å². The third kappa shape index (κ3) is 3.23. The first kappa shape index (κ1) is 13.8. The lowest BCUT2D eigenvalue weighted by Crippen LogP contribution is -2.58. The second kappa shape index (κ2) is 6.53. The molecule has 0 aromatic rings. The normalized spacial score (nSPS) is 32.2. The van der Waals surface area contributed by atoms with Crippen LogP contribution in [0.5, 0.6) is 0 Å². The van der Waals surface area contributed by atoms with Crippen LogP contribution in [0.1, 0.15) is 46.0 Å². The van der Waals surface area contributed by atoms with E-state index in [4.69, 9.17) is 0 Å². The zero-order valence-corrected chi connectivity index (χ0v) is 11.7. The fraction of sp³-hybridized carbons (Fsp3) is 0.929. The van der Waals surface area contributed by atoms with E-state index >= 15 is 0 Å². The smallest absolute Gasteiger partial charge is 0.234 e. The van der Waals surface area contributed by atoms with Crippen molar-refractivity contribution in [2.45, 2.75) is 64.1 Å². The zero-order valence-electron chi connectivity index (χ0n) is 11.7. The van der Waals surface area contributed by atoms with E-state index in [2.05, 4.69) is 22.5 Å². The Bertz CT molecular complexity index is 268. The van der Waals surface area contributed by atoms with Gasteiger partial charge in [-0.1, -0.05) is 13.3 Å². The van der Waals surface area contributed by atoms with Crippen molar-refractivity contribution in [1.29, 1.82) is 0 Å². The monoisotopic (exact) mass is 253 g/mol. The number of nitrogens with one attached hydrogen (secondary N) is 2. The number of hydrogen-bond acceptors (Lipinski definition) is 3. The molecule has 2 bridgehead atoms. The number of nitrogens with zero attached hydrogens (tertiary/aromatic N) is 1. The lowest BCUT2D eigenvalue weighted by molar-refractivity contribution is -0.125. The highest BCUT2D eigenvalue weighted by Crippen LogP contribution is 2.33. The van der Waals surface area contributed by atoms with Gasteiger partial charge in [-0.2, -0.15) is 0 Å². The summed E-state index contributed by atoms with van der Waals surface area (Å²) in [6, 6.07) is 1.89. The molecule has 0 radical (unpaired) electrons. The predicted octanol–water partition coefficient (Wildman–Crippen LogP) is 1.12. The standard InChI is InChI=1S/C14H27N3O/c1-3-15-11-8-12-6-5-7-13(9-11)17(12)10-14(18)16-4-2/h11-13,15H,3-10H2,1-2H3,(H,16,18). The Morgan fingerprint density at radius 1 is 1.17 bits per heavy atom. The first-order valence-corrected chi connectivity index (χ1v) is 7.50. The van der Waals surface area contributed by atoms with Crippen molar-refractivity contribution in [3.05, 3.63) is 0 Å². The molecular weight excluding hydrogens is 226 g/mol. The molecule has 2 rings (SSSR count). The van der Waals surface area contributed by atoms with Crippen molar-refractivity contribution >= 4 is 5.91 Å². The minimum Gasteiger partial charge on any atom is -0.355 e. The molecular formula is C14H27N3O. The number of amides is 1. The molecule has 0 aliphatic carbocycles. The molecule has 2 fully saturated rings. The lowest BCUT2D eigenvalue weighted by atomic mass is 9.81. The molecule has 0 aromatic carbocycles. The quantitative estimate of drug-likeness (QED) is 0.771. The maximum Gasteiger partial charge on any atom is 0.234 e. The average Bonchev–Trinajstić information content (AvgIpc) is 2.30. The molecule has 104 valence electrons. The van der Waals surface area contributed by atoms with E-state index < -0.39 is 0 Å². The second-order valence-electron chi connectivity index (χ2n) is 5.59. The van der Waals surface area contributed by atoms with Gasteiger partial charge in [0.2, 0.25) is 5.91 Å². The highest BCUT2D eigenvalue weighted by Gasteiger charge is 2.38. The van der Waals surface area contributed by atoms with E-state index in [0.717, 1.165) is 13.1 Å². The predicted molar refractivity (Wildman–Crippen MR) is 73.5 cm³/mol. The first-order valence-electron chi connectivity index (χ1n) is 7.50. The topological polar surface area (TPSA) is 44.4 Å². The minimum atomic E-state index is 0.191. The van der Waals surface area contributed by atoms with Crippen molar-refractivity contribution in [3.63, 3.8) is 0 Å². The Kier molecular flexibility index (Phi) is 5.01. The summed E-state index contributed by atoms with van der Waals surface area (Å²) in [4.78, 5) is 14.2. The van der Waals surface area contributed by atoms with Crippen molar-refractivity contribution in [2.24, 2.45) is 0 Å². The molecule has 2 aliphatic heterocycles. The molecule has 1 amide bonds. The van der Waals surface area contributed by atoms with Crippen LogP contribution < -0.4 is 10.6 Å². The van der Waals surface area contributed by atoms with Crippen LogP contribution in [0.25, 0.3) is 0 Å². The van der Waals surface area contributed by atoms with Crippen LogP contribution >= 0.6 is 0 Å². The first-order chi connectivity index (χ1) is 8.74. The Labute approximate surface area is 110 Å². The van der Waals surface area contributed by atoms with Crippen LogP contribution in [0.3, 0.4) is 0 Å². The van der Waals surface area contributed by atoms with Gasteiger partial charge in [0.1, 0.15) is 0 Å². The van der Waals surface area contributed by atoms with Crippen LogP contribution in [-0.2, 0) is 4.79 Å². The van der Waals surface area contributed by atoms with Gasteiger partial charge in [0.05, 0.1) is 6.54 Å². The number of carbonyl (C=O) groups excluding carboxylic acids is 1. The Morgan fingerprint density at radius 2 is 1.83 bits per heavy atom. The molecule has 4 nitrogen and oxygen atoms in total. The van der Waals surface area contributed by atoms with Crippen molar-refractivity contribution in [2.75, 3.05) is 19.6 Å². The molecule has 18 heavy (non-hydrogen) atoms. The number of carbonyl (C=O) groups is 1. The van der Waals surface area contributed by atoms with E-state index in [-0.39, 0.29) is 5.91 Å². The van der Waals surface area contributed by atoms with Gasteiger partial charge in [-0.3, -0.25) is 9.69 Å². The van der Waals surface area contributed by atoms with Gasteiger partial charge in [0, 0.05) is 24.7 Å². The molecule has 4 heteroatoms. The molecule has 2 heterocycles. The van der Waals surface area contributed by atoms with Crippen molar-refractivity contribution in [3.8, 4) is 0 Å². The second-order valence-corrected chi connectivity index (χ2v) is 5.59. The molecule has 0 spiro atoms. The molecule has 0 aromatic heterocycles. The van der Waals surface area contributed by atoms with Gasteiger partial charge in [-0.15, -0.1) is 0 Å². The van der Waals surface area contributed by atoms with E-state index in [1.54, 1.807) is 0 Å². The number of piperidine rings is 2. The van der Waals surface area contributed by atoms with Crippen LogP contribution in [0, 0.1) is 0 Å². The van der Waals surface area contributed by atoms with E-state index in [0.29, 0.717) is 24.7 Å². The molecule has 2 atom stereocenters. The highest BCUT2D eigenvalue weighted by atomic mass is 16.2. The zero-order chi connectivity index (χ0) is 13.0. The van der Waals surface area contributed by atoms with Gasteiger partial charge >= 0.3 is 0 Å². The van der Waals surface area contributed by atoms with Crippen molar-refractivity contribution < 1.29 is 4.79 Å². The van der Waals surface area contributed by atoms with Gasteiger partial charge in [-0.05, 0) is 39.2 Å². The summed E-state index contributed by atoms with van der Waals surface area (Å²) in [6.07, 6.45) is 6.28. The average molecular weight is 253 g/mol. The lowest BCUT2D eigenvalue weighted by Gasteiger charge is -2.48. The third-order valence-electron chi connectivity index (χ3n) is 4.32. The summed E-state index contributed by atoms with van der Waals surface area (Å²) in [5.41, 5.74) is 0. The SMILES string of the molecule is CCNC(=O)CN1C2CCCC1CC(NCC)C2. The maximum atomic E-state index is 11.8. The fourth-order valence-electron chi connectivity index (χ4n) is 3.61. The minimum absolute atomic E-state index is 0.191. The number of hydrogen-bond donors (Lipinski definition) is 2. The van der Waals surface area contributed by atoms with Gasteiger partial charge < -0.3 is 10.6 Å². The Morgan fingerprint density at radius 3 is 2.39 bits per heavy atom. The summed E-state index contributed by atoms with van der Waals surface area (Å²) in [5, 5.41) is 6.51. The molecule has 2 unspecified atom stereocenters. The van der Waals surface area contributed by atoms with E-state index in [1.165, 1.54) is 32.1 Å². The molecule has 2 aliphatic rings. The summed E-state index contributed by atoms with van der Waals surface area (Å²) in [6.45, 7) is 6.55. The van der Waals surface area contributed by atoms with E-state index in [1.807, 2.05) is 6.92 Å². The Hall–Kier alpha value is -0.610. The van der Waals surface area contributed by atoms with Gasteiger partial charge in [0.15, 0.2) is 0 Å². The number of likely N-dealkylation sites (N-methyl/N-ethyl adjacent to an activating group) is 1. The molecule has 2 N–H and O–H groups in total. The summed E-state index contributed by atoms with van der Waals surface area (Å²) in [7, 11) is 0. The van der Waals surface area contributed by atoms with Crippen LogP contribution in [-0.4, -0.2) is 48.6 Å². The highest BCUT2D eigenvalue weighted by molar-refractivity contribution is 5.78. The van der Waals surface area contributed by atoms with Crippen LogP contribution in [0.15, 0.2) is 0 Å². The van der Waals surface area contributed by atoms with Gasteiger partial charge in [-0.25, -0.2) is 0 Å². The fourth-order valence-corrected chi connectivity index (χ4v) is 3.61. The summed E-state index contributed by atoms with van der Waals surface area (Å²) in [5.74, 6) is 0.191. The van der Waals surface area contributed by atoms with Crippen LogP contribution in [0.2, 0.25) is 0 Å². The molecule has 2 saturated heterocycles. The van der Waals surface area contributed by atoms with E-state index in [9.17, 15) is 4.79 Å². The maximum absolute atomic E-state index is 11.8. The van der Waals surface area contributed by atoms with Gasteiger partial charge in [0.25, 0.3) is 0 Å². The summed E-state index contributed by atoms with van der Waals surface area (Å²) < 4.78 is 0. The largest absolute Gasteiger partial charge is 0.355 e. The molecule has 0 saturated carbocycles. The number of fused-ring (bicyclic) bond motifs is 2. The van der Waals surface area contributed by atoms with Crippen LogP contribution in [0.4, 0.5) is 0 Å².